The molecule has 4 aromatic rings. The number of benzene rings is 4. The van der Waals surface area contributed by atoms with Crippen LogP contribution in [-0.2, 0) is 35.9 Å². The number of aliphatic hydroxyl groups is 1. The van der Waals surface area contributed by atoms with Crippen molar-refractivity contribution in [2.24, 2.45) is 0 Å². The Morgan fingerprint density at radius 3 is 1.52 bits per heavy atom. The van der Waals surface area contributed by atoms with Crippen molar-refractivity contribution in [3.8, 4) is 0 Å². The fraction of sp³-hybridized carbons (Fsp3) is 0.294. The van der Waals surface area contributed by atoms with Gasteiger partial charge in [0.1, 0.15) is 30.0 Å². The lowest BCUT2D eigenvalue weighted by molar-refractivity contribution is -0.309. The van der Waals surface area contributed by atoms with E-state index < -0.39 is 36.3 Å². The molecule has 0 aromatic heterocycles. The average Bonchev–Trinajstić information content (AvgIpc) is 3.02. The van der Waals surface area contributed by atoms with E-state index in [1.807, 2.05) is 84.9 Å². The molecular formula is C34H36O6. The summed E-state index contributed by atoms with van der Waals surface area (Å²) >= 11 is 0. The maximum Gasteiger partial charge on any atom is 0.184 e. The van der Waals surface area contributed by atoms with Crippen molar-refractivity contribution in [3.63, 3.8) is 0 Å². The highest BCUT2D eigenvalue weighted by Crippen LogP contribution is 2.41. The van der Waals surface area contributed by atoms with Gasteiger partial charge < -0.3 is 28.8 Å². The van der Waals surface area contributed by atoms with Crippen LogP contribution in [0, 0.1) is 0 Å². The molecule has 1 fully saturated rings. The lowest BCUT2D eigenvalue weighted by Gasteiger charge is -2.45. The first-order valence-corrected chi connectivity index (χ1v) is 13.5. The SMILES string of the molecule is CO[C@@H]1[C@@H](OCc2ccccc2)[C@@H](OC)[C@@H](COC(c2ccccc2)(c2ccccc2)c2ccccc2)O[C@H]1O. The summed E-state index contributed by atoms with van der Waals surface area (Å²) in [6.45, 7) is 0.462. The monoisotopic (exact) mass is 540 g/mol. The molecule has 0 aliphatic carbocycles. The van der Waals surface area contributed by atoms with Crippen molar-refractivity contribution in [2.45, 2.75) is 42.9 Å². The largest absolute Gasteiger partial charge is 0.376 e. The van der Waals surface area contributed by atoms with Gasteiger partial charge >= 0.3 is 0 Å². The molecule has 1 saturated heterocycles. The van der Waals surface area contributed by atoms with Gasteiger partial charge in [0.2, 0.25) is 0 Å². The molecule has 0 unspecified atom stereocenters. The minimum absolute atomic E-state index is 0.121. The minimum atomic E-state index is -1.22. The summed E-state index contributed by atoms with van der Waals surface area (Å²) in [5.74, 6) is 0. The highest BCUT2D eigenvalue weighted by molar-refractivity contribution is 5.47. The van der Waals surface area contributed by atoms with Crippen LogP contribution in [-0.4, -0.2) is 56.6 Å². The van der Waals surface area contributed by atoms with E-state index in [-0.39, 0.29) is 6.61 Å². The van der Waals surface area contributed by atoms with Crippen molar-refractivity contribution in [1.29, 1.82) is 0 Å². The Labute approximate surface area is 236 Å². The third-order valence-electron chi connectivity index (χ3n) is 7.44. The van der Waals surface area contributed by atoms with E-state index in [4.69, 9.17) is 23.7 Å². The van der Waals surface area contributed by atoms with Gasteiger partial charge in [-0.3, -0.25) is 0 Å². The van der Waals surface area contributed by atoms with Crippen LogP contribution >= 0.6 is 0 Å². The molecule has 0 spiro atoms. The van der Waals surface area contributed by atoms with Gasteiger partial charge in [0.05, 0.1) is 13.2 Å². The second-order valence-corrected chi connectivity index (χ2v) is 9.82. The molecule has 0 radical (unpaired) electrons. The first kappa shape index (κ1) is 28.2. The maximum atomic E-state index is 11.0. The fourth-order valence-corrected chi connectivity index (χ4v) is 5.50. The molecule has 5 rings (SSSR count). The Morgan fingerprint density at radius 1 is 0.625 bits per heavy atom. The van der Waals surface area contributed by atoms with Crippen LogP contribution in [0.5, 0.6) is 0 Å². The molecule has 0 saturated carbocycles. The van der Waals surface area contributed by atoms with E-state index in [2.05, 4.69) is 36.4 Å². The molecule has 0 bridgehead atoms. The zero-order valence-electron chi connectivity index (χ0n) is 22.8. The topological polar surface area (TPSA) is 66.4 Å². The zero-order valence-corrected chi connectivity index (χ0v) is 22.8. The van der Waals surface area contributed by atoms with Gasteiger partial charge in [0, 0.05) is 14.2 Å². The summed E-state index contributed by atoms with van der Waals surface area (Å²) in [7, 11) is 3.15. The lowest BCUT2D eigenvalue weighted by atomic mass is 9.80. The molecule has 1 aliphatic rings. The smallest absolute Gasteiger partial charge is 0.184 e. The predicted octanol–water partition coefficient (Wildman–Crippen LogP) is 5.33. The molecule has 1 aliphatic heterocycles. The molecule has 1 N–H and O–H groups in total. The summed E-state index contributed by atoms with van der Waals surface area (Å²) in [6.07, 6.45) is -3.73. The summed E-state index contributed by atoms with van der Waals surface area (Å²) < 4.78 is 30.9. The Hall–Kier alpha value is -3.36. The third-order valence-corrected chi connectivity index (χ3v) is 7.44. The van der Waals surface area contributed by atoms with Crippen LogP contribution in [0.1, 0.15) is 22.3 Å². The van der Waals surface area contributed by atoms with Crippen LogP contribution in [0.2, 0.25) is 0 Å². The summed E-state index contributed by atoms with van der Waals surface area (Å²) in [5.41, 5.74) is 3.00. The van der Waals surface area contributed by atoms with E-state index in [0.29, 0.717) is 6.61 Å². The van der Waals surface area contributed by atoms with E-state index in [0.717, 1.165) is 22.3 Å². The second-order valence-electron chi connectivity index (χ2n) is 9.82. The Bertz CT molecular complexity index is 1190. The summed E-state index contributed by atoms with van der Waals surface area (Å²) in [4.78, 5) is 0. The first-order valence-electron chi connectivity index (χ1n) is 13.5. The molecule has 6 heteroatoms. The Balaban J connectivity index is 1.49. The summed E-state index contributed by atoms with van der Waals surface area (Å²) in [6, 6.07) is 40.3. The molecule has 1 heterocycles. The van der Waals surface area contributed by atoms with E-state index in [1.165, 1.54) is 7.11 Å². The Kier molecular flexibility index (Phi) is 9.39. The van der Waals surface area contributed by atoms with Gasteiger partial charge in [-0.1, -0.05) is 121 Å². The first-order chi connectivity index (χ1) is 19.7. The number of ether oxygens (including phenoxy) is 5. The number of aliphatic hydroxyl groups excluding tert-OH is 1. The molecular weight excluding hydrogens is 504 g/mol. The molecule has 4 aromatic carbocycles. The number of hydrogen-bond acceptors (Lipinski definition) is 6. The fourth-order valence-electron chi connectivity index (χ4n) is 5.50. The molecule has 5 atom stereocenters. The number of rotatable bonds is 11. The molecule has 208 valence electrons. The quantitative estimate of drug-likeness (QED) is 0.260. The van der Waals surface area contributed by atoms with Crippen molar-refractivity contribution in [2.75, 3.05) is 20.8 Å². The maximum absolute atomic E-state index is 11.0. The predicted molar refractivity (Wildman–Crippen MR) is 153 cm³/mol. The van der Waals surface area contributed by atoms with E-state index >= 15 is 0 Å². The van der Waals surface area contributed by atoms with Crippen LogP contribution in [0.25, 0.3) is 0 Å². The van der Waals surface area contributed by atoms with Gasteiger partial charge in [-0.15, -0.1) is 0 Å². The minimum Gasteiger partial charge on any atom is -0.376 e. The normalized spacial score (nSPS) is 23.1. The van der Waals surface area contributed by atoms with Crippen molar-refractivity contribution in [3.05, 3.63) is 144 Å². The van der Waals surface area contributed by atoms with Crippen molar-refractivity contribution >= 4 is 0 Å². The van der Waals surface area contributed by atoms with Crippen LogP contribution in [0.15, 0.2) is 121 Å². The lowest BCUT2D eigenvalue weighted by Crippen LogP contribution is -2.61. The standard InChI is InChI=1S/C34H36O6/c1-36-30-29(40-33(35)32(37-2)31(30)38-23-25-15-7-3-8-16-25)24-39-34(26-17-9-4-10-18-26,27-19-11-5-12-20-27)28-21-13-6-14-22-28/h3-22,29-33,35H,23-24H2,1-2H3/t29-,30+,31+,32-,33-/m1/s1. The highest BCUT2D eigenvalue weighted by atomic mass is 16.7. The number of methoxy groups -OCH3 is 2. The zero-order chi connectivity index (χ0) is 27.8. The van der Waals surface area contributed by atoms with Gasteiger partial charge in [-0.05, 0) is 22.3 Å². The number of hydrogen-bond donors (Lipinski definition) is 1. The van der Waals surface area contributed by atoms with Gasteiger partial charge in [-0.25, -0.2) is 0 Å². The Morgan fingerprint density at radius 2 is 1.07 bits per heavy atom. The van der Waals surface area contributed by atoms with Crippen molar-refractivity contribution < 1.29 is 28.8 Å². The van der Waals surface area contributed by atoms with Gasteiger partial charge in [0.15, 0.2) is 6.29 Å². The van der Waals surface area contributed by atoms with Crippen LogP contribution in [0.4, 0.5) is 0 Å². The summed E-state index contributed by atoms with van der Waals surface area (Å²) in [5, 5.41) is 11.0. The van der Waals surface area contributed by atoms with Crippen molar-refractivity contribution in [1.82, 2.24) is 0 Å². The van der Waals surface area contributed by atoms with Crippen LogP contribution in [0.3, 0.4) is 0 Å². The third kappa shape index (κ3) is 5.88. The molecule has 40 heavy (non-hydrogen) atoms. The highest BCUT2D eigenvalue weighted by Gasteiger charge is 2.48. The van der Waals surface area contributed by atoms with Gasteiger partial charge in [0.25, 0.3) is 0 Å². The molecule has 0 amide bonds. The average molecular weight is 541 g/mol. The van der Waals surface area contributed by atoms with Gasteiger partial charge in [-0.2, -0.15) is 0 Å². The second kappa shape index (κ2) is 13.3. The van der Waals surface area contributed by atoms with E-state index in [9.17, 15) is 5.11 Å². The molecule has 6 nitrogen and oxygen atoms in total. The van der Waals surface area contributed by atoms with E-state index in [1.54, 1.807) is 7.11 Å². The van der Waals surface area contributed by atoms with Crippen LogP contribution < -0.4 is 0 Å².